The van der Waals surface area contributed by atoms with Gasteiger partial charge in [0.2, 0.25) is 0 Å². The Labute approximate surface area is 148 Å². The van der Waals surface area contributed by atoms with E-state index in [1.807, 2.05) is 43.3 Å². The Hall–Kier alpha value is -2.79. The second kappa shape index (κ2) is 6.99. The minimum Gasteiger partial charge on any atom is -0.455 e. The molecule has 25 heavy (non-hydrogen) atoms. The van der Waals surface area contributed by atoms with E-state index in [9.17, 15) is 8.42 Å². The van der Waals surface area contributed by atoms with E-state index in [1.165, 1.54) is 0 Å². The Kier molecular flexibility index (Phi) is 4.76. The minimum absolute atomic E-state index is 0.266. The van der Waals surface area contributed by atoms with E-state index in [-0.39, 0.29) is 4.90 Å². The highest BCUT2D eigenvalue weighted by molar-refractivity contribution is 7.92. The van der Waals surface area contributed by atoms with Gasteiger partial charge in [0.25, 0.3) is 10.0 Å². The summed E-state index contributed by atoms with van der Waals surface area (Å²) in [7, 11) is -3.71. The minimum atomic E-state index is -3.71. The smallest absolute Gasteiger partial charge is 0.262 e. The number of aryl methyl sites for hydroxylation is 2. The predicted molar refractivity (Wildman–Crippen MR) is 99.7 cm³/mol. The fraction of sp³-hybridized carbons (Fsp3) is 0.100. The van der Waals surface area contributed by atoms with Gasteiger partial charge in [0.15, 0.2) is 5.75 Å². The first kappa shape index (κ1) is 17.0. The number of para-hydroxylation sites is 3. The van der Waals surface area contributed by atoms with Crippen LogP contribution in [0.15, 0.2) is 77.7 Å². The van der Waals surface area contributed by atoms with Crippen LogP contribution in [-0.2, 0) is 10.0 Å². The van der Waals surface area contributed by atoms with Gasteiger partial charge < -0.3 is 4.74 Å². The quantitative estimate of drug-likeness (QED) is 0.710. The molecule has 0 unspecified atom stereocenters. The average Bonchev–Trinajstić information content (AvgIpc) is 2.59. The lowest BCUT2D eigenvalue weighted by Gasteiger charge is -2.14. The summed E-state index contributed by atoms with van der Waals surface area (Å²) in [6, 6.07) is 21.6. The van der Waals surface area contributed by atoms with Crippen LogP contribution in [0, 0.1) is 13.8 Å². The monoisotopic (exact) mass is 353 g/mol. The van der Waals surface area contributed by atoms with Gasteiger partial charge >= 0.3 is 0 Å². The van der Waals surface area contributed by atoms with E-state index in [1.54, 1.807) is 43.3 Å². The summed E-state index contributed by atoms with van der Waals surface area (Å²) in [5, 5.41) is 0. The van der Waals surface area contributed by atoms with Gasteiger partial charge in [-0.1, -0.05) is 42.5 Å². The molecule has 1 N–H and O–H groups in total. The van der Waals surface area contributed by atoms with Gasteiger partial charge in [-0.15, -0.1) is 0 Å². The SMILES string of the molecule is Cc1ccc(C)c(S(=O)(=O)Nc2ccccc2Oc2ccccc2)c1. The van der Waals surface area contributed by atoms with E-state index < -0.39 is 10.0 Å². The number of nitrogens with one attached hydrogen (secondary N) is 1. The zero-order chi connectivity index (χ0) is 17.9. The summed E-state index contributed by atoms with van der Waals surface area (Å²) < 4.78 is 34.1. The summed E-state index contributed by atoms with van der Waals surface area (Å²) >= 11 is 0. The number of hydrogen-bond acceptors (Lipinski definition) is 3. The Morgan fingerprint density at radius 1 is 0.840 bits per heavy atom. The zero-order valence-corrected chi connectivity index (χ0v) is 14.9. The molecule has 0 spiro atoms. The van der Waals surface area contributed by atoms with Crippen molar-refractivity contribution in [2.24, 2.45) is 0 Å². The molecule has 0 atom stereocenters. The third kappa shape index (κ3) is 4.00. The van der Waals surface area contributed by atoms with Crippen molar-refractivity contribution in [3.8, 4) is 11.5 Å². The second-order valence-electron chi connectivity index (χ2n) is 5.79. The summed E-state index contributed by atoms with van der Waals surface area (Å²) in [5.41, 5.74) is 1.98. The van der Waals surface area contributed by atoms with Crippen LogP contribution >= 0.6 is 0 Å². The Morgan fingerprint density at radius 3 is 2.28 bits per heavy atom. The summed E-state index contributed by atoms with van der Waals surface area (Å²) in [5.74, 6) is 1.09. The third-order valence-corrected chi connectivity index (χ3v) is 5.24. The summed E-state index contributed by atoms with van der Waals surface area (Å²) in [6.45, 7) is 3.64. The molecule has 0 heterocycles. The van der Waals surface area contributed by atoms with Crippen molar-refractivity contribution < 1.29 is 13.2 Å². The first-order valence-electron chi connectivity index (χ1n) is 7.88. The lowest BCUT2D eigenvalue weighted by atomic mass is 10.2. The van der Waals surface area contributed by atoms with Crippen molar-refractivity contribution in [2.45, 2.75) is 18.7 Å². The third-order valence-electron chi connectivity index (χ3n) is 3.74. The molecule has 3 aromatic rings. The molecule has 0 aliphatic heterocycles. The highest BCUT2D eigenvalue weighted by Gasteiger charge is 2.19. The Morgan fingerprint density at radius 2 is 1.52 bits per heavy atom. The standard InChI is InChI=1S/C20H19NO3S/c1-15-12-13-16(2)20(14-15)25(22,23)21-18-10-6-7-11-19(18)24-17-8-4-3-5-9-17/h3-14,21H,1-2H3. The number of ether oxygens (including phenoxy) is 1. The molecule has 0 aliphatic carbocycles. The fourth-order valence-corrected chi connectivity index (χ4v) is 3.85. The molecule has 0 radical (unpaired) electrons. The van der Waals surface area contributed by atoms with Crippen molar-refractivity contribution in [3.63, 3.8) is 0 Å². The number of benzene rings is 3. The van der Waals surface area contributed by atoms with Gasteiger partial charge in [-0.2, -0.15) is 0 Å². The maximum Gasteiger partial charge on any atom is 0.262 e. The van der Waals surface area contributed by atoms with Crippen LogP contribution in [0.5, 0.6) is 11.5 Å². The molecular formula is C20H19NO3S. The zero-order valence-electron chi connectivity index (χ0n) is 14.1. The van der Waals surface area contributed by atoms with Crippen LogP contribution in [-0.4, -0.2) is 8.42 Å². The number of anilines is 1. The van der Waals surface area contributed by atoms with E-state index in [0.717, 1.165) is 5.56 Å². The van der Waals surface area contributed by atoms with Crippen LogP contribution in [0.4, 0.5) is 5.69 Å². The van der Waals surface area contributed by atoms with E-state index in [4.69, 9.17) is 4.74 Å². The number of hydrogen-bond donors (Lipinski definition) is 1. The molecule has 0 bridgehead atoms. The van der Waals surface area contributed by atoms with Gasteiger partial charge in [0.05, 0.1) is 10.6 Å². The second-order valence-corrected chi connectivity index (χ2v) is 7.44. The fourth-order valence-electron chi connectivity index (χ4n) is 2.45. The van der Waals surface area contributed by atoms with Crippen molar-refractivity contribution >= 4 is 15.7 Å². The Balaban J connectivity index is 1.94. The topological polar surface area (TPSA) is 55.4 Å². The van der Waals surface area contributed by atoms with Gasteiger partial charge in [0.1, 0.15) is 5.75 Å². The number of sulfonamides is 1. The molecule has 0 aliphatic rings. The normalized spacial score (nSPS) is 11.1. The molecule has 0 saturated heterocycles. The van der Waals surface area contributed by atoms with Crippen LogP contribution in [0.25, 0.3) is 0 Å². The lowest BCUT2D eigenvalue weighted by molar-refractivity contribution is 0.485. The molecule has 0 fully saturated rings. The predicted octanol–water partition coefficient (Wildman–Crippen LogP) is 4.90. The summed E-state index contributed by atoms with van der Waals surface area (Å²) in [6.07, 6.45) is 0. The first-order chi connectivity index (χ1) is 12.0. The lowest BCUT2D eigenvalue weighted by Crippen LogP contribution is -2.15. The molecule has 128 valence electrons. The summed E-state index contributed by atoms with van der Waals surface area (Å²) in [4.78, 5) is 0.266. The van der Waals surface area contributed by atoms with Crippen LogP contribution < -0.4 is 9.46 Å². The maximum atomic E-state index is 12.8. The first-order valence-corrected chi connectivity index (χ1v) is 9.36. The van der Waals surface area contributed by atoms with Crippen LogP contribution in [0.3, 0.4) is 0 Å². The highest BCUT2D eigenvalue weighted by Crippen LogP contribution is 2.31. The highest BCUT2D eigenvalue weighted by atomic mass is 32.2. The molecule has 0 aromatic heterocycles. The largest absolute Gasteiger partial charge is 0.455 e. The van der Waals surface area contributed by atoms with Crippen molar-refractivity contribution in [1.29, 1.82) is 0 Å². The molecule has 0 saturated carbocycles. The molecule has 3 aromatic carbocycles. The van der Waals surface area contributed by atoms with E-state index >= 15 is 0 Å². The van der Waals surface area contributed by atoms with Crippen molar-refractivity contribution in [3.05, 3.63) is 83.9 Å². The van der Waals surface area contributed by atoms with Crippen molar-refractivity contribution in [2.75, 3.05) is 4.72 Å². The van der Waals surface area contributed by atoms with E-state index in [0.29, 0.717) is 22.7 Å². The molecule has 3 rings (SSSR count). The Bertz CT molecular complexity index is 983. The molecule has 4 nitrogen and oxygen atoms in total. The van der Waals surface area contributed by atoms with Crippen LogP contribution in [0.1, 0.15) is 11.1 Å². The van der Waals surface area contributed by atoms with Crippen molar-refractivity contribution in [1.82, 2.24) is 0 Å². The average molecular weight is 353 g/mol. The van der Waals surface area contributed by atoms with Crippen LogP contribution in [0.2, 0.25) is 0 Å². The molecule has 0 amide bonds. The van der Waals surface area contributed by atoms with Gasteiger partial charge in [-0.25, -0.2) is 8.42 Å². The molecular weight excluding hydrogens is 334 g/mol. The maximum absolute atomic E-state index is 12.8. The van der Waals surface area contributed by atoms with E-state index in [2.05, 4.69) is 4.72 Å². The van der Waals surface area contributed by atoms with Gasteiger partial charge in [-0.05, 0) is 55.3 Å². The van der Waals surface area contributed by atoms with Gasteiger partial charge in [-0.3, -0.25) is 4.72 Å². The van der Waals surface area contributed by atoms with Gasteiger partial charge in [0, 0.05) is 0 Å². The molecule has 5 heteroatoms. The number of rotatable bonds is 5.